The number of anilines is 2. The summed E-state index contributed by atoms with van der Waals surface area (Å²) in [5.41, 5.74) is 0. The number of nitrogens with one attached hydrogen (secondary N) is 2. The maximum absolute atomic E-state index is 10.8. The topological polar surface area (TPSA) is 267 Å². The predicted octanol–water partition coefficient (Wildman–Crippen LogP) is -4.31. The highest BCUT2D eigenvalue weighted by Gasteiger charge is 2.16. The quantitative estimate of drug-likeness (QED) is 0.0926. The molecule has 0 aliphatic rings. The third-order valence-corrected chi connectivity index (χ3v) is 3.67. The van der Waals surface area contributed by atoms with E-state index in [4.69, 9.17) is 40.9 Å². The van der Waals surface area contributed by atoms with E-state index in [0.717, 1.165) is 0 Å². The summed E-state index contributed by atoms with van der Waals surface area (Å²) >= 11 is 0. The van der Waals surface area contributed by atoms with E-state index < -0.39 is 23.8 Å². The number of carboxylic acid groups (broad SMARTS) is 2. The molecular formula is C17H31N5O12+2. The van der Waals surface area contributed by atoms with Gasteiger partial charge in [0, 0.05) is 0 Å². The molecule has 34 heavy (non-hydrogen) atoms. The van der Waals surface area contributed by atoms with Crippen molar-refractivity contribution in [1.82, 2.24) is 4.98 Å². The van der Waals surface area contributed by atoms with Crippen LogP contribution in [0.2, 0.25) is 0 Å². The number of aliphatic hydroxyl groups is 6. The van der Waals surface area contributed by atoms with Crippen molar-refractivity contribution < 1.29 is 69.0 Å². The van der Waals surface area contributed by atoms with Crippen molar-refractivity contribution in [1.29, 1.82) is 0 Å². The minimum atomic E-state index is -1.70. The SMILES string of the molecule is C[N+](CO)(CO)CO.C[N+](CO)(CO)CO.O=C(O)C(=O)Nc1cccc(NC(=O)C(=O)O)n1. The zero-order chi connectivity index (χ0) is 26.9. The van der Waals surface area contributed by atoms with Gasteiger partial charge < -0.3 is 51.5 Å². The minimum Gasteiger partial charge on any atom is -0.474 e. The van der Waals surface area contributed by atoms with Crippen molar-refractivity contribution in [3.8, 4) is 0 Å². The van der Waals surface area contributed by atoms with Crippen LogP contribution in [0.5, 0.6) is 0 Å². The molecule has 0 unspecified atom stereocenters. The number of aliphatic hydroxyl groups excluding tert-OH is 6. The van der Waals surface area contributed by atoms with Gasteiger partial charge in [-0.1, -0.05) is 6.07 Å². The van der Waals surface area contributed by atoms with Gasteiger partial charge in [0.2, 0.25) is 0 Å². The van der Waals surface area contributed by atoms with E-state index in [1.54, 1.807) is 14.1 Å². The zero-order valence-corrected chi connectivity index (χ0v) is 18.5. The van der Waals surface area contributed by atoms with E-state index in [2.05, 4.69) is 4.98 Å². The van der Waals surface area contributed by atoms with Crippen LogP contribution in [0.3, 0.4) is 0 Å². The van der Waals surface area contributed by atoms with Crippen LogP contribution in [0.1, 0.15) is 0 Å². The van der Waals surface area contributed by atoms with Crippen molar-refractivity contribution in [2.24, 2.45) is 0 Å². The molecule has 194 valence electrons. The average Bonchev–Trinajstić information content (AvgIpc) is 2.83. The Morgan fingerprint density at radius 2 is 0.941 bits per heavy atom. The first-order valence-corrected chi connectivity index (χ1v) is 9.14. The van der Waals surface area contributed by atoms with Crippen LogP contribution in [-0.2, 0) is 19.2 Å². The van der Waals surface area contributed by atoms with Crippen molar-refractivity contribution in [3.05, 3.63) is 18.2 Å². The molecule has 17 nitrogen and oxygen atoms in total. The Bertz CT molecular complexity index is 721. The predicted molar refractivity (Wildman–Crippen MR) is 112 cm³/mol. The molecule has 2 amide bonds. The molecule has 0 spiro atoms. The molecule has 1 rings (SSSR count). The van der Waals surface area contributed by atoms with E-state index in [-0.39, 0.29) is 61.0 Å². The Labute approximate surface area is 193 Å². The number of aromatic nitrogens is 1. The van der Waals surface area contributed by atoms with Crippen LogP contribution in [-0.4, -0.2) is 133 Å². The summed E-state index contributed by atoms with van der Waals surface area (Å²) < 4.78 is -0.250. The van der Waals surface area contributed by atoms with Gasteiger partial charge in [-0.25, -0.2) is 14.6 Å². The van der Waals surface area contributed by atoms with Crippen LogP contribution in [0.25, 0.3) is 0 Å². The summed E-state index contributed by atoms with van der Waals surface area (Å²) in [6, 6.07) is 3.90. The number of carbonyl (C=O) groups is 4. The lowest BCUT2D eigenvalue weighted by Crippen LogP contribution is -2.46. The van der Waals surface area contributed by atoms with Crippen molar-refractivity contribution in [2.75, 3.05) is 65.1 Å². The maximum Gasteiger partial charge on any atom is 0.394 e. The van der Waals surface area contributed by atoms with Crippen LogP contribution < -0.4 is 10.6 Å². The van der Waals surface area contributed by atoms with Crippen LogP contribution in [0.4, 0.5) is 11.6 Å². The van der Waals surface area contributed by atoms with Gasteiger partial charge in [0.1, 0.15) is 11.6 Å². The van der Waals surface area contributed by atoms with Crippen molar-refractivity contribution in [2.45, 2.75) is 0 Å². The molecule has 0 bridgehead atoms. The summed E-state index contributed by atoms with van der Waals surface area (Å²) in [6.45, 7) is -1.46. The van der Waals surface area contributed by atoms with Gasteiger partial charge in [0.05, 0.1) is 14.1 Å². The molecule has 1 heterocycles. The molecule has 0 aliphatic heterocycles. The number of pyridine rings is 1. The summed E-state index contributed by atoms with van der Waals surface area (Å²) in [4.78, 5) is 45.8. The number of nitrogens with zero attached hydrogens (tertiary/aromatic N) is 3. The first-order chi connectivity index (χ1) is 15.8. The third kappa shape index (κ3) is 13.3. The number of aliphatic carboxylic acids is 2. The molecule has 1 aromatic rings. The number of hydrogen-bond acceptors (Lipinski definition) is 11. The summed E-state index contributed by atoms with van der Waals surface area (Å²) in [7, 11) is 3.08. The second-order valence-corrected chi connectivity index (χ2v) is 7.01. The Hall–Kier alpha value is -3.29. The fourth-order valence-corrected chi connectivity index (χ4v) is 1.18. The molecule has 0 aliphatic carbocycles. The highest BCUT2D eigenvalue weighted by molar-refractivity contribution is 6.37. The van der Waals surface area contributed by atoms with E-state index in [0.29, 0.717) is 0 Å². The van der Waals surface area contributed by atoms with Crippen molar-refractivity contribution >= 4 is 35.4 Å². The summed E-state index contributed by atoms with van der Waals surface area (Å²) in [6.07, 6.45) is 0. The summed E-state index contributed by atoms with van der Waals surface area (Å²) in [5, 5.41) is 71.2. The van der Waals surface area contributed by atoms with Gasteiger partial charge in [-0.05, 0) is 12.1 Å². The van der Waals surface area contributed by atoms with Crippen LogP contribution in [0.15, 0.2) is 18.2 Å². The molecule has 0 saturated heterocycles. The smallest absolute Gasteiger partial charge is 0.394 e. The molecule has 0 aromatic carbocycles. The largest absolute Gasteiger partial charge is 0.474 e. The normalized spacial score (nSPS) is 10.6. The van der Waals surface area contributed by atoms with Gasteiger partial charge in [0.25, 0.3) is 0 Å². The first-order valence-electron chi connectivity index (χ1n) is 9.14. The van der Waals surface area contributed by atoms with E-state index in [1.807, 2.05) is 10.6 Å². The second kappa shape index (κ2) is 16.3. The Morgan fingerprint density at radius 1 is 0.676 bits per heavy atom. The van der Waals surface area contributed by atoms with Gasteiger partial charge in [-0.2, -0.15) is 0 Å². The van der Waals surface area contributed by atoms with E-state index in [1.165, 1.54) is 18.2 Å². The molecule has 17 heteroatoms. The van der Waals surface area contributed by atoms with E-state index >= 15 is 0 Å². The van der Waals surface area contributed by atoms with Gasteiger partial charge in [-0.15, -0.1) is 0 Å². The first kappa shape index (κ1) is 32.9. The molecular weight excluding hydrogens is 466 g/mol. The number of rotatable bonds is 8. The lowest BCUT2D eigenvalue weighted by atomic mass is 10.4. The fraction of sp³-hybridized carbons (Fsp3) is 0.471. The monoisotopic (exact) mass is 497 g/mol. The summed E-state index contributed by atoms with van der Waals surface area (Å²) in [5.74, 6) is -6.27. The molecule has 0 radical (unpaired) electrons. The average molecular weight is 497 g/mol. The molecule has 0 fully saturated rings. The van der Waals surface area contributed by atoms with Gasteiger partial charge >= 0.3 is 23.8 Å². The molecule has 0 saturated carbocycles. The highest BCUT2D eigenvalue weighted by Crippen LogP contribution is 2.09. The molecule has 0 atom stereocenters. The number of carboxylic acids is 2. The van der Waals surface area contributed by atoms with Gasteiger partial charge in [0.15, 0.2) is 40.4 Å². The second-order valence-electron chi connectivity index (χ2n) is 7.01. The molecule has 1 aromatic heterocycles. The lowest BCUT2D eigenvalue weighted by Gasteiger charge is -2.25. The highest BCUT2D eigenvalue weighted by atomic mass is 16.4. The fourth-order valence-electron chi connectivity index (χ4n) is 1.18. The number of amides is 2. The Balaban J connectivity index is 0. The van der Waals surface area contributed by atoms with Crippen LogP contribution in [0, 0.1) is 0 Å². The third-order valence-electron chi connectivity index (χ3n) is 3.67. The number of quaternary nitrogens is 2. The Morgan fingerprint density at radius 3 is 1.12 bits per heavy atom. The number of carbonyl (C=O) groups excluding carboxylic acids is 2. The van der Waals surface area contributed by atoms with Crippen molar-refractivity contribution in [3.63, 3.8) is 0 Å². The van der Waals surface area contributed by atoms with Crippen LogP contribution >= 0.6 is 0 Å². The standard InChI is InChI=1S/C9H7N3O6.2C4H12NO3/c13-6(8(15)16)11-4-2-1-3-5(10-4)12-7(14)9(17)18;2*1-5(2-6,3-7)4-8/h1-3H,(H,15,16)(H,17,18)(H2,10,11,12,13,14);2*6-8H,2-4H2,1H3/q;2*+1. The zero-order valence-electron chi connectivity index (χ0n) is 18.5. The lowest BCUT2D eigenvalue weighted by molar-refractivity contribution is -0.960. The minimum absolute atomic E-state index is 0.125. The maximum atomic E-state index is 10.8. The number of hydrogen-bond donors (Lipinski definition) is 10. The van der Waals surface area contributed by atoms with E-state index in [9.17, 15) is 19.2 Å². The Kier molecular flexibility index (Phi) is 15.8. The van der Waals surface area contributed by atoms with Gasteiger partial charge in [-0.3, -0.25) is 18.6 Å². The molecule has 10 N–H and O–H groups in total.